The van der Waals surface area contributed by atoms with Gasteiger partial charge in [0.25, 0.3) is 0 Å². The van der Waals surface area contributed by atoms with Crippen molar-refractivity contribution in [2.75, 3.05) is 38.0 Å². The Labute approximate surface area is 120 Å². The van der Waals surface area contributed by atoms with Crippen molar-refractivity contribution in [1.82, 2.24) is 15.2 Å². The van der Waals surface area contributed by atoms with Gasteiger partial charge in [-0.25, -0.2) is 4.98 Å². The van der Waals surface area contributed by atoms with Crippen LogP contribution in [0.2, 0.25) is 4.34 Å². The molecule has 2 heterocycles. The molecule has 1 amide bonds. The first-order valence-electron chi connectivity index (χ1n) is 5.98. The Morgan fingerprint density at radius 1 is 1.63 bits per heavy atom. The predicted molar refractivity (Wildman–Crippen MR) is 74.4 cm³/mol. The minimum atomic E-state index is 0.0876. The van der Waals surface area contributed by atoms with Gasteiger partial charge in [0, 0.05) is 26.2 Å². The lowest BCUT2D eigenvalue weighted by Gasteiger charge is -2.26. The molecule has 0 radical (unpaired) electrons. The van der Waals surface area contributed by atoms with Crippen molar-refractivity contribution in [3.63, 3.8) is 0 Å². The highest BCUT2D eigenvalue weighted by Gasteiger charge is 2.15. The minimum Gasteiger partial charge on any atom is -0.361 e. The Bertz CT molecular complexity index is 498. The smallest absolute Gasteiger partial charge is 0.234 e. The first kappa shape index (κ1) is 14.1. The van der Waals surface area contributed by atoms with Crippen LogP contribution in [0.25, 0.3) is 0 Å². The van der Waals surface area contributed by atoms with Crippen LogP contribution in [0.5, 0.6) is 0 Å². The van der Waals surface area contributed by atoms with Gasteiger partial charge in [0.2, 0.25) is 5.91 Å². The Hall–Kier alpha value is -1.36. The molecule has 2 N–H and O–H groups in total. The molecule has 1 aromatic rings. The zero-order valence-electron chi connectivity index (χ0n) is 10.3. The van der Waals surface area contributed by atoms with Crippen LogP contribution in [0.1, 0.15) is 12.1 Å². The summed E-state index contributed by atoms with van der Waals surface area (Å²) in [6.45, 7) is 3.70. The van der Waals surface area contributed by atoms with Crippen LogP contribution in [0.4, 0.5) is 5.13 Å². The first-order chi connectivity index (χ1) is 9.19. The maximum atomic E-state index is 11.2. The fourth-order valence-electron chi connectivity index (χ4n) is 1.83. The molecule has 0 aliphatic carbocycles. The number of hydrogen-bond acceptors (Lipinski definition) is 6. The van der Waals surface area contributed by atoms with E-state index in [1.807, 2.05) is 6.07 Å². The van der Waals surface area contributed by atoms with Gasteiger partial charge in [0.15, 0.2) is 10.8 Å². The van der Waals surface area contributed by atoms with Gasteiger partial charge in [0.05, 0.1) is 6.54 Å². The van der Waals surface area contributed by atoms with E-state index in [-0.39, 0.29) is 11.6 Å². The monoisotopic (exact) mass is 299 g/mol. The van der Waals surface area contributed by atoms with E-state index >= 15 is 0 Å². The van der Waals surface area contributed by atoms with E-state index in [4.69, 9.17) is 16.9 Å². The summed E-state index contributed by atoms with van der Waals surface area (Å²) in [5, 5.41) is 15.3. The van der Waals surface area contributed by atoms with E-state index in [0.29, 0.717) is 16.0 Å². The maximum Gasteiger partial charge on any atom is 0.234 e. The van der Waals surface area contributed by atoms with E-state index in [9.17, 15) is 4.79 Å². The van der Waals surface area contributed by atoms with Crippen LogP contribution in [-0.4, -0.2) is 48.5 Å². The largest absolute Gasteiger partial charge is 0.361 e. The number of nitriles is 1. The molecule has 6 nitrogen and oxygen atoms in total. The fourth-order valence-corrected chi connectivity index (χ4v) is 2.80. The lowest BCUT2D eigenvalue weighted by atomic mass is 10.3. The Morgan fingerprint density at radius 2 is 2.47 bits per heavy atom. The van der Waals surface area contributed by atoms with E-state index < -0.39 is 0 Å². The Balaban J connectivity index is 1.69. The second-order valence-corrected chi connectivity index (χ2v) is 5.76. The molecule has 0 aromatic carbocycles. The summed E-state index contributed by atoms with van der Waals surface area (Å²) in [5.41, 5.74) is 0.266. The third-order valence-electron chi connectivity index (χ3n) is 2.74. The number of halogens is 1. The second-order valence-electron chi connectivity index (χ2n) is 4.16. The number of carbonyl (C=O) groups is 1. The van der Waals surface area contributed by atoms with Crippen molar-refractivity contribution in [1.29, 1.82) is 5.26 Å². The van der Waals surface area contributed by atoms with E-state index in [0.717, 1.165) is 32.6 Å². The standard InChI is InChI=1S/C11H14ClN5OS/c12-10-8(6-13)16-11(19-10)15-2-1-4-17-5-3-14-9(18)7-17/h1-5,7H2,(H,14,18)(H,15,16). The quantitative estimate of drug-likeness (QED) is 0.790. The van der Waals surface area contributed by atoms with Gasteiger partial charge in [-0.05, 0) is 6.42 Å². The van der Waals surface area contributed by atoms with Crippen molar-refractivity contribution < 1.29 is 4.79 Å². The van der Waals surface area contributed by atoms with Gasteiger partial charge in [-0.2, -0.15) is 5.26 Å². The summed E-state index contributed by atoms with van der Waals surface area (Å²) in [7, 11) is 0. The molecule has 19 heavy (non-hydrogen) atoms. The molecule has 1 saturated heterocycles. The summed E-state index contributed by atoms with van der Waals surface area (Å²) in [4.78, 5) is 17.4. The maximum absolute atomic E-state index is 11.2. The molecule has 0 unspecified atom stereocenters. The van der Waals surface area contributed by atoms with Crippen molar-refractivity contribution >= 4 is 34.0 Å². The third kappa shape index (κ3) is 4.06. The Kier molecular flexibility index (Phi) is 4.96. The van der Waals surface area contributed by atoms with Gasteiger partial charge >= 0.3 is 0 Å². The number of amides is 1. The summed E-state index contributed by atoms with van der Waals surface area (Å²) in [6.07, 6.45) is 0.909. The Morgan fingerprint density at radius 3 is 3.16 bits per heavy atom. The van der Waals surface area contributed by atoms with Crippen LogP contribution in [-0.2, 0) is 4.79 Å². The van der Waals surface area contributed by atoms with E-state index in [2.05, 4.69) is 20.5 Å². The number of carbonyl (C=O) groups excluding carboxylic acids is 1. The molecule has 0 atom stereocenters. The molecule has 0 spiro atoms. The van der Waals surface area contributed by atoms with Crippen molar-refractivity contribution in [3.8, 4) is 6.07 Å². The molecule has 0 saturated carbocycles. The van der Waals surface area contributed by atoms with Crippen LogP contribution >= 0.6 is 22.9 Å². The number of nitrogens with zero attached hydrogens (tertiary/aromatic N) is 3. The molecular formula is C11H14ClN5OS. The summed E-state index contributed by atoms with van der Waals surface area (Å²) in [6, 6.07) is 1.94. The molecule has 2 rings (SSSR count). The molecule has 1 aromatic heterocycles. The summed E-state index contributed by atoms with van der Waals surface area (Å²) < 4.78 is 0.415. The molecule has 1 aliphatic heterocycles. The predicted octanol–water partition coefficient (Wildman–Crippen LogP) is 0.902. The fraction of sp³-hybridized carbons (Fsp3) is 0.545. The van der Waals surface area contributed by atoms with Crippen molar-refractivity contribution in [2.45, 2.75) is 6.42 Å². The number of anilines is 1. The highest BCUT2D eigenvalue weighted by molar-refractivity contribution is 7.19. The first-order valence-corrected chi connectivity index (χ1v) is 7.18. The molecule has 1 aliphatic rings. The van der Waals surface area contributed by atoms with Crippen molar-refractivity contribution in [2.24, 2.45) is 0 Å². The van der Waals surface area contributed by atoms with Gasteiger partial charge in [-0.15, -0.1) is 0 Å². The van der Waals surface area contributed by atoms with Gasteiger partial charge < -0.3 is 10.6 Å². The number of thiazole rings is 1. The number of rotatable bonds is 5. The highest BCUT2D eigenvalue weighted by atomic mass is 35.5. The lowest BCUT2D eigenvalue weighted by Crippen LogP contribution is -2.47. The zero-order valence-corrected chi connectivity index (χ0v) is 11.9. The van der Waals surface area contributed by atoms with E-state index in [1.54, 1.807) is 0 Å². The third-order valence-corrected chi connectivity index (χ3v) is 3.95. The van der Waals surface area contributed by atoms with Crippen LogP contribution < -0.4 is 10.6 Å². The summed E-state index contributed by atoms with van der Waals surface area (Å²) in [5.74, 6) is 0.0876. The zero-order chi connectivity index (χ0) is 13.7. The van der Waals surface area contributed by atoms with Crippen LogP contribution in [0.15, 0.2) is 0 Å². The van der Waals surface area contributed by atoms with Crippen LogP contribution in [0.3, 0.4) is 0 Å². The lowest BCUT2D eigenvalue weighted by molar-refractivity contribution is -0.124. The van der Waals surface area contributed by atoms with Gasteiger partial charge in [0.1, 0.15) is 10.4 Å². The molecule has 1 fully saturated rings. The number of aromatic nitrogens is 1. The minimum absolute atomic E-state index is 0.0876. The van der Waals surface area contributed by atoms with Crippen LogP contribution in [0, 0.1) is 11.3 Å². The van der Waals surface area contributed by atoms with Gasteiger partial charge in [-0.1, -0.05) is 22.9 Å². The topological polar surface area (TPSA) is 81.1 Å². The van der Waals surface area contributed by atoms with Crippen molar-refractivity contribution in [3.05, 3.63) is 10.0 Å². The SMILES string of the molecule is N#Cc1nc(NCCCN2CCNC(=O)C2)sc1Cl. The number of nitrogens with one attached hydrogen (secondary N) is 2. The molecule has 102 valence electrons. The normalized spacial score (nSPS) is 15.9. The summed E-state index contributed by atoms with van der Waals surface area (Å²) >= 11 is 7.10. The molecule has 0 bridgehead atoms. The average Bonchev–Trinajstić information content (AvgIpc) is 2.75. The molecule has 8 heteroatoms. The average molecular weight is 300 g/mol. The number of piperazine rings is 1. The van der Waals surface area contributed by atoms with E-state index in [1.165, 1.54) is 11.3 Å². The molecular weight excluding hydrogens is 286 g/mol. The van der Waals surface area contributed by atoms with Gasteiger partial charge in [-0.3, -0.25) is 9.69 Å². The highest BCUT2D eigenvalue weighted by Crippen LogP contribution is 2.27. The number of hydrogen-bond donors (Lipinski definition) is 2. The second kappa shape index (κ2) is 6.70.